The van der Waals surface area contributed by atoms with Gasteiger partial charge in [-0.25, -0.2) is 0 Å². The third kappa shape index (κ3) is 4.05. The molecule has 1 atom stereocenters. The van der Waals surface area contributed by atoms with E-state index >= 15 is 0 Å². The Morgan fingerprint density at radius 2 is 2.05 bits per heavy atom. The number of amides is 1. The Hall–Kier alpha value is -1.39. The van der Waals surface area contributed by atoms with Gasteiger partial charge in [0.05, 0.1) is 6.04 Å². The van der Waals surface area contributed by atoms with Crippen LogP contribution in [0.1, 0.15) is 18.1 Å². The van der Waals surface area contributed by atoms with Crippen LogP contribution in [-0.2, 0) is 11.2 Å². The van der Waals surface area contributed by atoms with Crippen molar-refractivity contribution in [3.05, 3.63) is 35.4 Å². The van der Waals surface area contributed by atoms with Gasteiger partial charge in [0.25, 0.3) is 0 Å². The fourth-order valence-electron chi connectivity index (χ4n) is 2.59. The van der Waals surface area contributed by atoms with Crippen molar-refractivity contribution in [3.63, 3.8) is 0 Å². The molecule has 2 rings (SSSR count). The Labute approximate surface area is 121 Å². The zero-order valence-corrected chi connectivity index (χ0v) is 12.5. The molecule has 1 aromatic carbocycles. The molecule has 1 aliphatic heterocycles. The molecular weight excluding hydrogens is 250 g/mol. The van der Waals surface area contributed by atoms with E-state index in [0.717, 1.165) is 32.6 Å². The van der Waals surface area contributed by atoms with Gasteiger partial charge >= 0.3 is 0 Å². The molecule has 1 saturated heterocycles. The topological polar surface area (TPSA) is 44.4 Å². The van der Waals surface area contributed by atoms with Crippen molar-refractivity contribution in [1.82, 2.24) is 15.5 Å². The van der Waals surface area contributed by atoms with Crippen molar-refractivity contribution in [3.8, 4) is 0 Å². The van der Waals surface area contributed by atoms with Gasteiger partial charge < -0.3 is 10.6 Å². The van der Waals surface area contributed by atoms with E-state index in [1.54, 1.807) is 0 Å². The molecule has 110 valence electrons. The maximum absolute atomic E-state index is 12.1. The summed E-state index contributed by atoms with van der Waals surface area (Å²) in [4.78, 5) is 14.4. The summed E-state index contributed by atoms with van der Waals surface area (Å²) in [6.45, 7) is 8.66. The van der Waals surface area contributed by atoms with Crippen LogP contribution in [0, 0.1) is 6.92 Å². The molecule has 0 radical (unpaired) electrons. The number of nitrogens with zero attached hydrogens (tertiary/aromatic N) is 1. The highest BCUT2D eigenvalue weighted by atomic mass is 16.2. The molecular formula is C16H25N3O. The van der Waals surface area contributed by atoms with E-state index in [2.05, 4.69) is 34.6 Å². The molecule has 0 aliphatic carbocycles. The van der Waals surface area contributed by atoms with Crippen LogP contribution in [-0.4, -0.2) is 49.6 Å². The van der Waals surface area contributed by atoms with E-state index in [-0.39, 0.29) is 11.9 Å². The van der Waals surface area contributed by atoms with Gasteiger partial charge in [0, 0.05) is 32.7 Å². The predicted molar refractivity (Wildman–Crippen MR) is 81.8 cm³/mol. The zero-order chi connectivity index (χ0) is 14.4. The van der Waals surface area contributed by atoms with Crippen molar-refractivity contribution in [1.29, 1.82) is 0 Å². The quantitative estimate of drug-likeness (QED) is 0.841. The Balaban J connectivity index is 1.76. The minimum atomic E-state index is -0.0334. The Kier molecular flexibility index (Phi) is 5.56. The van der Waals surface area contributed by atoms with Crippen LogP contribution in [0.15, 0.2) is 24.3 Å². The smallest absolute Gasteiger partial charge is 0.237 e. The Morgan fingerprint density at radius 1 is 1.35 bits per heavy atom. The molecule has 0 aromatic heterocycles. The number of piperazine rings is 1. The third-order valence-corrected chi connectivity index (χ3v) is 4.03. The molecule has 1 aliphatic rings. The fraction of sp³-hybridized carbons (Fsp3) is 0.562. The number of rotatable bonds is 5. The molecule has 4 heteroatoms. The first kappa shape index (κ1) is 15.0. The van der Waals surface area contributed by atoms with Crippen LogP contribution in [0.5, 0.6) is 0 Å². The lowest BCUT2D eigenvalue weighted by atomic mass is 10.1. The second-order valence-corrected chi connectivity index (χ2v) is 5.43. The first-order chi connectivity index (χ1) is 9.68. The lowest BCUT2D eigenvalue weighted by molar-refractivity contribution is -0.126. The molecule has 1 heterocycles. The van der Waals surface area contributed by atoms with Crippen molar-refractivity contribution >= 4 is 5.91 Å². The van der Waals surface area contributed by atoms with Crippen molar-refractivity contribution in [2.75, 3.05) is 32.7 Å². The summed E-state index contributed by atoms with van der Waals surface area (Å²) in [6, 6.07) is 8.30. The SMILES string of the molecule is Cc1ccccc1CCNC(=O)C(C)N1CCNCC1. The second kappa shape index (κ2) is 7.41. The van der Waals surface area contributed by atoms with Crippen LogP contribution in [0.3, 0.4) is 0 Å². The molecule has 1 aromatic rings. The van der Waals surface area contributed by atoms with Crippen molar-refractivity contribution in [2.24, 2.45) is 0 Å². The van der Waals surface area contributed by atoms with Gasteiger partial charge in [0.2, 0.25) is 5.91 Å². The molecule has 1 unspecified atom stereocenters. The molecule has 0 saturated carbocycles. The van der Waals surface area contributed by atoms with Gasteiger partial charge in [0.1, 0.15) is 0 Å². The van der Waals surface area contributed by atoms with Crippen LogP contribution >= 0.6 is 0 Å². The molecule has 1 fully saturated rings. The van der Waals surface area contributed by atoms with Crippen LogP contribution < -0.4 is 10.6 Å². The lowest BCUT2D eigenvalue weighted by Gasteiger charge is -2.31. The van der Waals surface area contributed by atoms with E-state index in [9.17, 15) is 4.79 Å². The lowest BCUT2D eigenvalue weighted by Crippen LogP contribution is -2.52. The van der Waals surface area contributed by atoms with E-state index < -0.39 is 0 Å². The van der Waals surface area contributed by atoms with Crippen molar-refractivity contribution < 1.29 is 4.79 Å². The number of carbonyl (C=O) groups is 1. The molecule has 1 amide bonds. The summed E-state index contributed by atoms with van der Waals surface area (Å²) < 4.78 is 0. The maximum Gasteiger partial charge on any atom is 0.237 e. The summed E-state index contributed by atoms with van der Waals surface area (Å²) in [5.74, 6) is 0.139. The number of nitrogens with one attached hydrogen (secondary N) is 2. The predicted octanol–water partition coefficient (Wildman–Crippen LogP) is 0.947. The molecule has 0 bridgehead atoms. The maximum atomic E-state index is 12.1. The van der Waals surface area contributed by atoms with E-state index in [0.29, 0.717) is 6.54 Å². The number of benzene rings is 1. The number of hydrogen-bond acceptors (Lipinski definition) is 3. The van der Waals surface area contributed by atoms with Gasteiger partial charge in [-0.05, 0) is 31.4 Å². The summed E-state index contributed by atoms with van der Waals surface area (Å²) in [5.41, 5.74) is 2.60. The number of carbonyl (C=O) groups excluding carboxylic acids is 1. The second-order valence-electron chi connectivity index (χ2n) is 5.43. The molecule has 4 nitrogen and oxygen atoms in total. The fourth-order valence-corrected chi connectivity index (χ4v) is 2.59. The highest BCUT2D eigenvalue weighted by molar-refractivity contribution is 5.81. The summed E-state index contributed by atoms with van der Waals surface area (Å²) >= 11 is 0. The number of hydrogen-bond donors (Lipinski definition) is 2. The standard InChI is InChI=1S/C16H25N3O/c1-13-5-3-4-6-15(13)7-8-18-16(20)14(2)19-11-9-17-10-12-19/h3-6,14,17H,7-12H2,1-2H3,(H,18,20). The largest absolute Gasteiger partial charge is 0.354 e. The minimum absolute atomic E-state index is 0.0334. The molecule has 20 heavy (non-hydrogen) atoms. The average molecular weight is 275 g/mol. The van der Waals surface area contributed by atoms with Crippen molar-refractivity contribution in [2.45, 2.75) is 26.3 Å². The van der Waals surface area contributed by atoms with Gasteiger partial charge in [0.15, 0.2) is 0 Å². The minimum Gasteiger partial charge on any atom is -0.354 e. The van der Waals surface area contributed by atoms with Gasteiger partial charge in [-0.2, -0.15) is 0 Å². The number of aryl methyl sites for hydroxylation is 1. The molecule has 0 spiro atoms. The Bertz CT molecular complexity index is 441. The highest BCUT2D eigenvalue weighted by Gasteiger charge is 2.22. The van der Waals surface area contributed by atoms with E-state index in [1.165, 1.54) is 11.1 Å². The van der Waals surface area contributed by atoms with Gasteiger partial charge in [-0.3, -0.25) is 9.69 Å². The zero-order valence-electron chi connectivity index (χ0n) is 12.5. The summed E-state index contributed by atoms with van der Waals surface area (Å²) in [7, 11) is 0. The summed E-state index contributed by atoms with van der Waals surface area (Å²) in [5, 5.41) is 6.36. The average Bonchev–Trinajstić information content (AvgIpc) is 2.49. The first-order valence-corrected chi connectivity index (χ1v) is 7.45. The Morgan fingerprint density at radius 3 is 2.75 bits per heavy atom. The van der Waals surface area contributed by atoms with Crippen LogP contribution in [0.2, 0.25) is 0 Å². The van der Waals surface area contributed by atoms with Gasteiger partial charge in [-0.15, -0.1) is 0 Å². The van der Waals surface area contributed by atoms with Crippen LogP contribution in [0.4, 0.5) is 0 Å². The van der Waals surface area contributed by atoms with E-state index in [1.807, 2.05) is 19.1 Å². The monoisotopic (exact) mass is 275 g/mol. The third-order valence-electron chi connectivity index (χ3n) is 4.03. The normalized spacial score (nSPS) is 17.7. The highest BCUT2D eigenvalue weighted by Crippen LogP contribution is 2.07. The van der Waals surface area contributed by atoms with Gasteiger partial charge in [-0.1, -0.05) is 24.3 Å². The first-order valence-electron chi connectivity index (χ1n) is 7.45. The molecule has 2 N–H and O–H groups in total. The van der Waals surface area contributed by atoms with Crippen LogP contribution in [0.25, 0.3) is 0 Å². The van der Waals surface area contributed by atoms with E-state index in [4.69, 9.17) is 0 Å². The summed E-state index contributed by atoms with van der Waals surface area (Å²) in [6.07, 6.45) is 0.896.